The Kier molecular flexibility index (Phi) is 6.86. The Bertz CT molecular complexity index is 987. The minimum atomic E-state index is -0.647. The Labute approximate surface area is 184 Å². The molecule has 1 aliphatic rings. The van der Waals surface area contributed by atoms with Crippen LogP contribution in [0.2, 0.25) is 5.02 Å². The van der Waals surface area contributed by atoms with Crippen molar-refractivity contribution in [3.05, 3.63) is 47.0 Å². The van der Waals surface area contributed by atoms with Crippen molar-refractivity contribution in [1.82, 2.24) is 10.9 Å². The average molecular weight is 448 g/mol. The van der Waals surface area contributed by atoms with Crippen LogP contribution in [0.3, 0.4) is 0 Å². The van der Waals surface area contributed by atoms with E-state index in [1.807, 2.05) is 0 Å². The van der Waals surface area contributed by atoms with E-state index >= 15 is 0 Å². The van der Waals surface area contributed by atoms with Gasteiger partial charge in [-0.25, -0.2) is 0 Å². The molecule has 3 rings (SSSR count). The highest BCUT2D eigenvalue weighted by molar-refractivity contribution is 6.31. The monoisotopic (exact) mass is 447 g/mol. The number of anilines is 1. The van der Waals surface area contributed by atoms with E-state index in [1.165, 1.54) is 32.3 Å². The number of ether oxygens (including phenoxy) is 3. The lowest BCUT2D eigenvalue weighted by Gasteiger charge is -2.20. The molecule has 1 aliphatic heterocycles. The number of hydrogen-bond acceptors (Lipinski definition) is 6. The van der Waals surface area contributed by atoms with Crippen LogP contribution < -0.4 is 30.0 Å². The smallest absolute Gasteiger partial charge is 0.269 e. The van der Waals surface area contributed by atoms with E-state index < -0.39 is 17.7 Å². The summed E-state index contributed by atoms with van der Waals surface area (Å²) in [7, 11) is 4.44. The summed E-state index contributed by atoms with van der Waals surface area (Å²) >= 11 is 5.87. The number of benzene rings is 2. The number of carbonyl (C=O) groups excluding carboxylic acids is 3. The van der Waals surface area contributed by atoms with Gasteiger partial charge in [0.15, 0.2) is 11.5 Å². The predicted molar refractivity (Wildman–Crippen MR) is 114 cm³/mol. The van der Waals surface area contributed by atoms with Gasteiger partial charge in [-0.15, -0.1) is 0 Å². The zero-order valence-electron chi connectivity index (χ0n) is 17.2. The van der Waals surface area contributed by atoms with E-state index in [-0.39, 0.29) is 18.9 Å². The minimum Gasteiger partial charge on any atom is -0.493 e. The standard InChI is InChI=1S/C21H22ClN3O6/c1-29-16-9-15(10-17(30-2)19(16)31-3)25-11-13(8-18(25)26)21(28)24-23-20(27)12-5-4-6-14(22)7-12/h4-7,9-10,13H,8,11H2,1-3H3,(H,23,27)(H,24,28). The first-order valence-electron chi connectivity index (χ1n) is 9.34. The summed E-state index contributed by atoms with van der Waals surface area (Å²) in [6.07, 6.45) is -0.00444. The molecule has 0 saturated carbocycles. The Morgan fingerprint density at radius 3 is 2.29 bits per heavy atom. The number of carbonyl (C=O) groups is 3. The van der Waals surface area contributed by atoms with Gasteiger partial charge < -0.3 is 19.1 Å². The number of rotatable bonds is 6. The van der Waals surface area contributed by atoms with E-state index in [4.69, 9.17) is 25.8 Å². The molecule has 1 atom stereocenters. The first kappa shape index (κ1) is 22.2. The van der Waals surface area contributed by atoms with Crippen molar-refractivity contribution in [2.75, 3.05) is 32.8 Å². The maximum absolute atomic E-state index is 12.6. The quantitative estimate of drug-likeness (QED) is 0.657. The fraction of sp³-hybridized carbons (Fsp3) is 0.286. The van der Waals surface area contributed by atoms with Crippen molar-refractivity contribution < 1.29 is 28.6 Å². The highest BCUT2D eigenvalue weighted by atomic mass is 35.5. The molecule has 10 heteroatoms. The number of nitrogens with one attached hydrogen (secondary N) is 2. The van der Waals surface area contributed by atoms with Crippen molar-refractivity contribution in [3.63, 3.8) is 0 Å². The lowest BCUT2D eigenvalue weighted by molar-refractivity contribution is -0.126. The van der Waals surface area contributed by atoms with Crippen molar-refractivity contribution in [3.8, 4) is 17.2 Å². The van der Waals surface area contributed by atoms with Crippen LogP contribution >= 0.6 is 11.6 Å². The molecular formula is C21H22ClN3O6. The summed E-state index contributed by atoms with van der Waals surface area (Å²) in [5.74, 6) is -0.682. The zero-order chi connectivity index (χ0) is 22.5. The van der Waals surface area contributed by atoms with E-state index in [9.17, 15) is 14.4 Å². The molecular weight excluding hydrogens is 426 g/mol. The summed E-state index contributed by atoms with van der Waals surface area (Å²) in [5, 5.41) is 0.404. The first-order chi connectivity index (χ1) is 14.9. The van der Waals surface area contributed by atoms with Gasteiger partial charge in [-0.2, -0.15) is 0 Å². The second-order valence-electron chi connectivity index (χ2n) is 6.74. The highest BCUT2D eigenvalue weighted by Crippen LogP contribution is 2.42. The molecule has 164 valence electrons. The number of methoxy groups -OCH3 is 3. The van der Waals surface area contributed by atoms with Crippen LogP contribution in [0.15, 0.2) is 36.4 Å². The van der Waals surface area contributed by atoms with Gasteiger partial charge in [0, 0.05) is 35.7 Å². The molecule has 1 heterocycles. The fourth-order valence-electron chi connectivity index (χ4n) is 3.28. The van der Waals surface area contributed by atoms with Gasteiger partial charge in [-0.05, 0) is 18.2 Å². The molecule has 0 aromatic heterocycles. The third-order valence-electron chi connectivity index (χ3n) is 4.84. The van der Waals surface area contributed by atoms with E-state index in [0.29, 0.717) is 33.5 Å². The molecule has 9 nitrogen and oxygen atoms in total. The van der Waals surface area contributed by atoms with Crippen LogP contribution in [0.4, 0.5) is 5.69 Å². The topological polar surface area (TPSA) is 106 Å². The number of amides is 3. The lowest BCUT2D eigenvalue weighted by atomic mass is 10.1. The number of hydrazine groups is 1. The molecule has 2 aromatic rings. The normalized spacial score (nSPS) is 15.4. The molecule has 1 unspecified atom stereocenters. The zero-order valence-corrected chi connectivity index (χ0v) is 18.0. The molecule has 0 radical (unpaired) electrons. The Hall–Kier alpha value is -3.46. The number of nitrogens with zero attached hydrogens (tertiary/aromatic N) is 1. The summed E-state index contributed by atoms with van der Waals surface area (Å²) in [4.78, 5) is 38.7. The molecule has 0 aliphatic carbocycles. The Morgan fingerprint density at radius 2 is 1.71 bits per heavy atom. The highest BCUT2D eigenvalue weighted by Gasteiger charge is 2.36. The van der Waals surface area contributed by atoms with E-state index in [2.05, 4.69) is 10.9 Å². The number of hydrogen-bond donors (Lipinski definition) is 2. The van der Waals surface area contributed by atoms with Crippen LogP contribution in [0.25, 0.3) is 0 Å². The summed E-state index contributed by atoms with van der Waals surface area (Å²) in [5.41, 5.74) is 5.52. The van der Waals surface area contributed by atoms with Crippen LogP contribution in [0.1, 0.15) is 16.8 Å². The third-order valence-corrected chi connectivity index (χ3v) is 5.08. The van der Waals surface area contributed by atoms with Crippen molar-refractivity contribution in [2.45, 2.75) is 6.42 Å². The fourth-order valence-corrected chi connectivity index (χ4v) is 3.47. The maximum atomic E-state index is 12.6. The molecule has 1 fully saturated rings. The van der Waals surface area contributed by atoms with Gasteiger partial charge in [0.05, 0.1) is 32.9 Å². The Morgan fingerprint density at radius 1 is 1.03 bits per heavy atom. The van der Waals surface area contributed by atoms with Crippen molar-refractivity contribution >= 4 is 35.0 Å². The second-order valence-corrected chi connectivity index (χ2v) is 7.18. The SMILES string of the molecule is COc1cc(N2CC(C(=O)NNC(=O)c3cccc(Cl)c3)CC2=O)cc(OC)c1OC. The second kappa shape index (κ2) is 9.57. The number of halogens is 1. The molecule has 31 heavy (non-hydrogen) atoms. The summed E-state index contributed by atoms with van der Waals surface area (Å²) in [6, 6.07) is 9.59. The molecule has 0 bridgehead atoms. The van der Waals surface area contributed by atoms with Crippen molar-refractivity contribution in [1.29, 1.82) is 0 Å². The van der Waals surface area contributed by atoms with Gasteiger partial charge in [0.2, 0.25) is 17.6 Å². The maximum Gasteiger partial charge on any atom is 0.269 e. The average Bonchev–Trinajstić information content (AvgIpc) is 3.17. The van der Waals surface area contributed by atoms with Gasteiger partial charge in [-0.1, -0.05) is 17.7 Å². The van der Waals surface area contributed by atoms with Crippen molar-refractivity contribution in [2.24, 2.45) is 5.92 Å². The van der Waals surface area contributed by atoms with Crippen LogP contribution in [-0.4, -0.2) is 45.6 Å². The van der Waals surface area contributed by atoms with Gasteiger partial charge in [0.1, 0.15) is 0 Å². The summed E-state index contributed by atoms with van der Waals surface area (Å²) < 4.78 is 15.9. The van der Waals surface area contributed by atoms with E-state index in [0.717, 1.165) is 0 Å². The van der Waals surface area contributed by atoms with Gasteiger partial charge in [-0.3, -0.25) is 25.2 Å². The predicted octanol–water partition coefficient (Wildman–Crippen LogP) is 2.18. The van der Waals surface area contributed by atoms with Crippen LogP contribution in [0.5, 0.6) is 17.2 Å². The minimum absolute atomic E-state index is 0.00444. The molecule has 2 aromatic carbocycles. The van der Waals surface area contributed by atoms with E-state index in [1.54, 1.807) is 30.3 Å². The van der Waals surface area contributed by atoms with Gasteiger partial charge in [0.25, 0.3) is 5.91 Å². The Balaban J connectivity index is 1.68. The lowest BCUT2D eigenvalue weighted by Crippen LogP contribution is -2.45. The van der Waals surface area contributed by atoms with Crippen LogP contribution in [-0.2, 0) is 9.59 Å². The molecule has 0 spiro atoms. The molecule has 2 N–H and O–H groups in total. The van der Waals surface area contributed by atoms with Gasteiger partial charge >= 0.3 is 0 Å². The molecule has 3 amide bonds. The summed E-state index contributed by atoms with van der Waals surface area (Å²) in [6.45, 7) is 0.135. The molecule has 1 saturated heterocycles. The van der Waals surface area contributed by atoms with Crippen LogP contribution in [0, 0.1) is 5.92 Å². The first-order valence-corrected chi connectivity index (χ1v) is 9.71. The third kappa shape index (κ3) is 4.83. The largest absolute Gasteiger partial charge is 0.493 e.